The fraction of sp³-hybridized carbons (Fsp3) is 0.281. The summed E-state index contributed by atoms with van der Waals surface area (Å²) in [5.41, 5.74) is 4.35. The average molecular weight is 522 g/mol. The molecule has 4 aromatic rings. The van der Waals surface area contributed by atoms with Crippen LogP contribution in [0.4, 0.5) is 17.2 Å². The van der Waals surface area contributed by atoms with E-state index in [1.807, 2.05) is 92.7 Å². The molecule has 2 heterocycles. The van der Waals surface area contributed by atoms with Crippen molar-refractivity contribution in [3.05, 3.63) is 101 Å². The summed E-state index contributed by atoms with van der Waals surface area (Å²) in [5.74, 6) is 1.65. The molecule has 0 N–H and O–H groups in total. The molecule has 7 heteroatoms. The van der Waals surface area contributed by atoms with E-state index in [-0.39, 0.29) is 5.56 Å². The second kappa shape index (κ2) is 12.1. The molecule has 0 saturated carbocycles. The van der Waals surface area contributed by atoms with E-state index in [4.69, 9.17) is 4.74 Å². The molecule has 0 aliphatic carbocycles. The van der Waals surface area contributed by atoms with Gasteiger partial charge in [-0.2, -0.15) is 5.11 Å². The summed E-state index contributed by atoms with van der Waals surface area (Å²) in [5, 5.41) is 9.08. The molecule has 1 aliphatic rings. The first-order valence-electron chi connectivity index (χ1n) is 13.6. The fourth-order valence-electron chi connectivity index (χ4n) is 4.95. The van der Waals surface area contributed by atoms with Crippen molar-refractivity contribution in [1.29, 1.82) is 0 Å². The minimum atomic E-state index is -0.197. The minimum absolute atomic E-state index is 0.197. The molecular weight excluding hydrogens is 486 g/mol. The maximum Gasteiger partial charge on any atom is 0.285 e. The number of pyridine rings is 1. The Hall–Kier alpha value is -4.23. The van der Waals surface area contributed by atoms with Crippen LogP contribution in [0.25, 0.3) is 16.8 Å². The number of rotatable bonds is 8. The van der Waals surface area contributed by atoms with Gasteiger partial charge in [-0.05, 0) is 74.0 Å². The fourth-order valence-corrected chi connectivity index (χ4v) is 4.95. The molecule has 0 amide bonds. The van der Waals surface area contributed by atoms with Crippen LogP contribution < -0.4 is 15.2 Å². The van der Waals surface area contributed by atoms with Crippen LogP contribution in [-0.4, -0.2) is 48.8 Å². The number of piperazine rings is 1. The Morgan fingerprint density at radius 3 is 2.23 bits per heavy atom. The van der Waals surface area contributed by atoms with Gasteiger partial charge in [-0.25, -0.2) is 0 Å². The first-order chi connectivity index (χ1) is 19.1. The summed E-state index contributed by atoms with van der Waals surface area (Å²) in [7, 11) is 0. The van der Waals surface area contributed by atoms with Crippen LogP contribution in [-0.2, 0) is 0 Å². The molecule has 1 fully saturated rings. The van der Waals surface area contributed by atoms with Crippen molar-refractivity contribution >= 4 is 17.2 Å². The SMILES string of the molecule is CCOc1ccc(-c2cc(N3CCN(CC)CC3)n(-c3ccccc3)c(=O)c2N=Nc2cccc(C)c2)cc1. The van der Waals surface area contributed by atoms with Crippen LogP contribution in [0.3, 0.4) is 0 Å². The van der Waals surface area contributed by atoms with Crippen molar-refractivity contribution < 1.29 is 4.74 Å². The third-order valence-electron chi connectivity index (χ3n) is 7.06. The van der Waals surface area contributed by atoms with Crippen LogP contribution >= 0.6 is 0 Å². The van der Waals surface area contributed by atoms with E-state index in [0.29, 0.717) is 18.0 Å². The highest BCUT2D eigenvalue weighted by molar-refractivity contribution is 5.79. The van der Waals surface area contributed by atoms with Crippen LogP contribution in [0.1, 0.15) is 19.4 Å². The summed E-state index contributed by atoms with van der Waals surface area (Å²) in [6.45, 7) is 11.4. The van der Waals surface area contributed by atoms with E-state index in [1.54, 1.807) is 4.57 Å². The quantitative estimate of drug-likeness (QED) is 0.240. The maximum atomic E-state index is 14.4. The number of benzene rings is 3. The standard InChI is InChI=1S/C32H35N5O2/c1-4-35-18-20-36(21-19-35)30-23-29(25-14-16-28(17-15-25)39-5-2)31(34-33-26-11-9-10-24(3)22-26)32(38)37(30)27-12-7-6-8-13-27/h6-17,22-23H,4-5,18-21H2,1-3H3. The third kappa shape index (κ3) is 5.94. The third-order valence-corrected chi connectivity index (χ3v) is 7.06. The predicted octanol–water partition coefficient (Wildman–Crippen LogP) is 6.77. The molecule has 200 valence electrons. The molecule has 1 aromatic heterocycles. The molecule has 0 spiro atoms. The maximum absolute atomic E-state index is 14.4. The topological polar surface area (TPSA) is 62.4 Å². The highest BCUT2D eigenvalue weighted by Crippen LogP contribution is 2.35. The van der Waals surface area contributed by atoms with Gasteiger partial charge in [-0.3, -0.25) is 9.36 Å². The van der Waals surface area contributed by atoms with Crippen LogP contribution in [0, 0.1) is 6.92 Å². The van der Waals surface area contributed by atoms with E-state index in [9.17, 15) is 4.79 Å². The Morgan fingerprint density at radius 1 is 0.821 bits per heavy atom. The first-order valence-corrected chi connectivity index (χ1v) is 13.6. The summed E-state index contributed by atoms with van der Waals surface area (Å²) in [6.07, 6.45) is 0. The van der Waals surface area contributed by atoms with E-state index in [0.717, 1.165) is 66.7 Å². The molecule has 0 unspecified atom stereocenters. The lowest BCUT2D eigenvalue weighted by Crippen LogP contribution is -2.47. The molecule has 5 rings (SSSR count). The second-order valence-corrected chi connectivity index (χ2v) is 9.66. The van der Waals surface area contributed by atoms with Gasteiger partial charge in [0.25, 0.3) is 5.56 Å². The van der Waals surface area contributed by atoms with E-state index >= 15 is 0 Å². The molecule has 0 radical (unpaired) electrons. The molecule has 1 saturated heterocycles. The number of anilines is 1. The second-order valence-electron chi connectivity index (χ2n) is 9.66. The number of likely N-dealkylation sites (N-methyl/N-ethyl adjacent to an activating group) is 1. The average Bonchev–Trinajstić information content (AvgIpc) is 2.97. The molecule has 3 aromatic carbocycles. The number of para-hydroxylation sites is 1. The Morgan fingerprint density at radius 2 is 1.56 bits per heavy atom. The van der Waals surface area contributed by atoms with Gasteiger partial charge in [-0.1, -0.05) is 49.4 Å². The Labute approximate surface area is 230 Å². The highest BCUT2D eigenvalue weighted by Gasteiger charge is 2.24. The van der Waals surface area contributed by atoms with Gasteiger partial charge in [-0.15, -0.1) is 5.11 Å². The van der Waals surface area contributed by atoms with Gasteiger partial charge < -0.3 is 14.5 Å². The van der Waals surface area contributed by atoms with Crippen molar-refractivity contribution in [1.82, 2.24) is 9.47 Å². The van der Waals surface area contributed by atoms with Gasteiger partial charge in [0.2, 0.25) is 0 Å². The lowest BCUT2D eigenvalue weighted by Gasteiger charge is -2.36. The van der Waals surface area contributed by atoms with Crippen molar-refractivity contribution in [3.8, 4) is 22.6 Å². The monoisotopic (exact) mass is 521 g/mol. The van der Waals surface area contributed by atoms with Crippen molar-refractivity contribution in [2.75, 3.05) is 44.2 Å². The Balaban J connectivity index is 1.71. The van der Waals surface area contributed by atoms with E-state index < -0.39 is 0 Å². The summed E-state index contributed by atoms with van der Waals surface area (Å²) >= 11 is 0. The Bertz CT molecular complexity index is 1490. The summed E-state index contributed by atoms with van der Waals surface area (Å²) < 4.78 is 7.45. The number of aromatic nitrogens is 1. The molecule has 0 bridgehead atoms. The zero-order valence-corrected chi connectivity index (χ0v) is 22.9. The summed E-state index contributed by atoms with van der Waals surface area (Å²) in [6, 6.07) is 27.5. The van der Waals surface area contributed by atoms with Crippen molar-refractivity contribution in [2.24, 2.45) is 10.2 Å². The van der Waals surface area contributed by atoms with Crippen LogP contribution in [0.2, 0.25) is 0 Å². The number of hydrogen-bond donors (Lipinski definition) is 0. The first kappa shape index (κ1) is 26.4. The minimum Gasteiger partial charge on any atom is -0.494 e. The van der Waals surface area contributed by atoms with Gasteiger partial charge in [0.1, 0.15) is 11.6 Å². The number of hydrogen-bond acceptors (Lipinski definition) is 6. The van der Waals surface area contributed by atoms with E-state index in [2.05, 4.69) is 33.0 Å². The molecule has 7 nitrogen and oxygen atoms in total. The number of ether oxygens (including phenoxy) is 1. The molecule has 39 heavy (non-hydrogen) atoms. The number of aryl methyl sites for hydroxylation is 1. The van der Waals surface area contributed by atoms with Crippen molar-refractivity contribution in [2.45, 2.75) is 20.8 Å². The van der Waals surface area contributed by atoms with Crippen LogP contribution in [0.5, 0.6) is 5.75 Å². The highest BCUT2D eigenvalue weighted by atomic mass is 16.5. The normalized spacial score (nSPS) is 14.2. The lowest BCUT2D eigenvalue weighted by molar-refractivity contribution is 0.270. The predicted molar refractivity (Wildman–Crippen MR) is 158 cm³/mol. The van der Waals surface area contributed by atoms with Gasteiger partial charge in [0.05, 0.1) is 18.0 Å². The van der Waals surface area contributed by atoms with Gasteiger partial charge in [0.15, 0.2) is 5.69 Å². The van der Waals surface area contributed by atoms with Gasteiger partial charge in [0, 0.05) is 31.7 Å². The van der Waals surface area contributed by atoms with E-state index in [1.165, 1.54) is 0 Å². The summed E-state index contributed by atoms with van der Waals surface area (Å²) in [4.78, 5) is 19.1. The molecule has 0 atom stereocenters. The zero-order valence-electron chi connectivity index (χ0n) is 22.9. The largest absolute Gasteiger partial charge is 0.494 e. The van der Waals surface area contributed by atoms with Gasteiger partial charge >= 0.3 is 0 Å². The molecule has 1 aliphatic heterocycles. The number of azo groups is 1. The zero-order chi connectivity index (χ0) is 27.2. The lowest BCUT2D eigenvalue weighted by atomic mass is 10.0. The smallest absolute Gasteiger partial charge is 0.285 e. The number of nitrogens with zero attached hydrogens (tertiary/aromatic N) is 5. The van der Waals surface area contributed by atoms with Crippen molar-refractivity contribution in [3.63, 3.8) is 0 Å². The molecular formula is C32H35N5O2. The van der Waals surface area contributed by atoms with Crippen LogP contribution in [0.15, 0.2) is 100.0 Å². The Kier molecular flexibility index (Phi) is 8.18.